The molecule has 5 nitrogen and oxygen atoms in total. The van der Waals surface area contributed by atoms with Gasteiger partial charge in [-0.2, -0.15) is 0 Å². The topological polar surface area (TPSA) is 55.6 Å². The second-order valence-corrected chi connectivity index (χ2v) is 5.15. The van der Waals surface area contributed by atoms with E-state index >= 15 is 0 Å². The lowest BCUT2D eigenvalue weighted by Crippen LogP contribution is -2.32. The summed E-state index contributed by atoms with van der Waals surface area (Å²) in [6.07, 6.45) is 3.59. The summed E-state index contributed by atoms with van der Waals surface area (Å²) >= 11 is 0. The summed E-state index contributed by atoms with van der Waals surface area (Å²) in [5, 5.41) is 12.2. The molecule has 5 heteroatoms. The van der Waals surface area contributed by atoms with Crippen molar-refractivity contribution in [1.82, 2.24) is 25.3 Å². The van der Waals surface area contributed by atoms with Crippen molar-refractivity contribution in [3.05, 3.63) is 66.1 Å². The van der Waals surface area contributed by atoms with Crippen LogP contribution >= 0.6 is 0 Å². The zero-order valence-corrected chi connectivity index (χ0v) is 11.5. The molecule has 0 aliphatic carbocycles. The monoisotopic (exact) mass is 277 g/mol. The van der Waals surface area contributed by atoms with Crippen LogP contribution in [0.3, 0.4) is 0 Å². The zero-order chi connectivity index (χ0) is 14.1. The molecule has 104 valence electrons. The Morgan fingerprint density at radius 3 is 2.81 bits per heavy atom. The Morgan fingerprint density at radius 1 is 1.10 bits per heavy atom. The van der Waals surface area contributed by atoms with Gasteiger partial charge in [-0.25, -0.2) is 4.68 Å². The number of hydrogen-bond acceptors (Lipinski definition) is 4. The minimum Gasteiger partial charge on any atom is -0.303 e. The highest BCUT2D eigenvalue weighted by molar-refractivity contribution is 5.60. The van der Waals surface area contributed by atoms with Gasteiger partial charge in [-0.05, 0) is 17.7 Å². The van der Waals surface area contributed by atoms with E-state index in [0.717, 1.165) is 30.0 Å². The van der Waals surface area contributed by atoms with Gasteiger partial charge in [0.1, 0.15) is 5.69 Å². The van der Waals surface area contributed by atoms with Gasteiger partial charge in [0.25, 0.3) is 0 Å². The lowest BCUT2D eigenvalue weighted by atomic mass is 10.0. The normalized spacial score (nSPS) is 17.4. The van der Waals surface area contributed by atoms with Crippen molar-refractivity contribution in [2.45, 2.75) is 19.1 Å². The summed E-state index contributed by atoms with van der Waals surface area (Å²) < 4.78 is 2.00. The Balaban J connectivity index is 1.65. The van der Waals surface area contributed by atoms with E-state index in [1.165, 1.54) is 5.56 Å². The molecule has 1 aliphatic rings. The number of benzene rings is 1. The molecule has 0 radical (unpaired) electrons. The third-order valence-corrected chi connectivity index (χ3v) is 3.85. The molecule has 2 aromatic heterocycles. The molecular formula is C16H15N5. The minimum absolute atomic E-state index is 0.280. The van der Waals surface area contributed by atoms with Gasteiger partial charge < -0.3 is 5.32 Å². The quantitative estimate of drug-likeness (QED) is 0.780. The van der Waals surface area contributed by atoms with E-state index in [-0.39, 0.29) is 6.04 Å². The summed E-state index contributed by atoms with van der Waals surface area (Å²) in [7, 11) is 0. The van der Waals surface area contributed by atoms with Gasteiger partial charge in [0.05, 0.1) is 18.3 Å². The first kappa shape index (κ1) is 12.2. The summed E-state index contributed by atoms with van der Waals surface area (Å²) in [6.45, 7) is 1.56. The number of nitrogens with one attached hydrogen (secondary N) is 1. The molecule has 21 heavy (non-hydrogen) atoms. The summed E-state index contributed by atoms with van der Waals surface area (Å²) in [6, 6.07) is 14.7. The molecule has 1 atom stereocenters. The van der Waals surface area contributed by atoms with Crippen molar-refractivity contribution in [1.29, 1.82) is 0 Å². The molecule has 3 heterocycles. The second kappa shape index (κ2) is 5.10. The van der Waals surface area contributed by atoms with E-state index in [4.69, 9.17) is 0 Å². The molecular weight excluding hydrogens is 262 g/mol. The van der Waals surface area contributed by atoms with Crippen LogP contribution in [0.25, 0.3) is 11.3 Å². The van der Waals surface area contributed by atoms with Gasteiger partial charge in [-0.3, -0.25) is 4.98 Å². The fourth-order valence-corrected chi connectivity index (χ4v) is 2.75. The molecule has 1 aliphatic heterocycles. The standard InChI is InChI=1S/C16H15N5/c1-2-5-12(6-3-1)14-11-21-15(10-18-14)16(19-20-21)13-7-4-8-17-9-13/h1-9,14,18H,10-11H2/t14-/m1/s1. The van der Waals surface area contributed by atoms with Crippen LogP contribution < -0.4 is 5.32 Å². The highest BCUT2D eigenvalue weighted by atomic mass is 15.4. The molecule has 0 unspecified atom stereocenters. The second-order valence-electron chi connectivity index (χ2n) is 5.15. The first-order chi connectivity index (χ1) is 10.4. The molecule has 0 fully saturated rings. The minimum atomic E-state index is 0.280. The van der Waals surface area contributed by atoms with Crippen LogP contribution in [0.4, 0.5) is 0 Å². The van der Waals surface area contributed by atoms with Gasteiger partial charge in [0.15, 0.2) is 0 Å². The molecule has 3 aromatic rings. The zero-order valence-electron chi connectivity index (χ0n) is 11.5. The molecule has 1 aromatic carbocycles. The van der Waals surface area contributed by atoms with Crippen LogP contribution in [0.1, 0.15) is 17.3 Å². The number of rotatable bonds is 2. The lowest BCUT2D eigenvalue weighted by Gasteiger charge is -2.25. The van der Waals surface area contributed by atoms with E-state index in [1.807, 2.05) is 29.1 Å². The Hall–Kier alpha value is -2.53. The van der Waals surface area contributed by atoms with Crippen LogP contribution in [0.5, 0.6) is 0 Å². The lowest BCUT2D eigenvalue weighted by molar-refractivity contribution is 0.373. The first-order valence-corrected chi connectivity index (χ1v) is 7.03. The Kier molecular flexibility index (Phi) is 2.97. The van der Waals surface area contributed by atoms with Crippen LogP contribution in [0, 0.1) is 0 Å². The average Bonchev–Trinajstić information content (AvgIpc) is 2.99. The maximum absolute atomic E-state index is 4.33. The van der Waals surface area contributed by atoms with Crippen molar-refractivity contribution in [3.8, 4) is 11.3 Å². The highest BCUT2D eigenvalue weighted by Crippen LogP contribution is 2.26. The summed E-state index contributed by atoms with van der Waals surface area (Å²) in [4.78, 5) is 4.15. The average molecular weight is 277 g/mol. The molecule has 1 N–H and O–H groups in total. The molecule has 4 rings (SSSR count). The van der Waals surface area contributed by atoms with Crippen LogP contribution in [-0.4, -0.2) is 20.0 Å². The fraction of sp³-hybridized carbons (Fsp3) is 0.188. The number of hydrogen-bond donors (Lipinski definition) is 1. The van der Waals surface area contributed by atoms with E-state index in [0.29, 0.717) is 0 Å². The number of fused-ring (bicyclic) bond motifs is 1. The van der Waals surface area contributed by atoms with Gasteiger partial charge in [0, 0.05) is 24.5 Å². The number of aromatic nitrogens is 4. The van der Waals surface area contributed by atoms with Crippen LogP contribution in [0.15, 0.2) is 54.9 Å². The van der Waals surface area contributed by atoms with Crippen LogP contribution in [-0.2, 0) is 13.1 Å². The highest BCUT2D eigenvalue weighted by Gasteiger charge is 2.24. The fourth-order valence-electron chi connectivity index (χ4n) is 2.75. The van der Waals surface area contributed by atoms with Crippen molar-refractivity contribution in [2.24, 2.45) is 0 Å². The predicted molar refractivity (Wildman–Crippen MR) is 79.3 cm³/mol. The summed E-state index contributed by atoms with van der Waals surface area (Å²) in [5.41, 5.74) is 4.33. The van der Waals surface area contributed by atoms with Gasteiger partial charge in [-0.1, -0.05) is 35.5 Å². The molecule has 0 saturated carbocycles. The number of pyridine rings is 1. The van der Waals surface area contributed by atoms with Gasteiger partial charge in [0.2, 0.25) is 0 Å². The molecule has 0 amide bonds. The predicted octanol–water partition coefficient (Wildman–Crippen LogP) is 2.18. The van der Waals surface area contributed by atoms with Crippen molar-refractivity contribution >= 4 is 0 Å². The maximum Gasteiger partial charge on any atom is 0.119 e. The third kappa shape index (κ3) is 2.21. The first-order valence-electron chi connectivity index (χ1n) is 7.03. The van der Waals surface area contributed by atoms with E-state index in [1.54, 1.807) is 6.20 Å². The third-order valence-electron chi connectivity index (χ3n) is 3.85. The number of nitrogens with zero attached hydrogens (tertiary/aromatic N) is 4. The Morgan fingerprint density at radius 2 is 2.00 bits per heavy atom. The molecule has 0 bridgehead atoms. The van der Waals surface area contributed by atoms with E-state index in [2.05, 4.69) is 44.9 Å². The maximum atomic E-state index is 4.33. The van der Waals surface area contributed by atoms with Crippen LogP contribution in [0.2, 0.25) is 0 Å². The smallest absolute Gasteiger partial charge is 0.119 e. The van der Waals surface area contributed by atoms with Crippen molar-refractivity contribution < 1.29 is 0 Å². The molecule has 0 spiro atoms. The van der Waals surface area contributed by atoms with E-state index < -0.39 is 0 Å². The van der Waals surface area contributed by atoms with Gasteiger partial charge >= 0.3 is 0 Å². The Labute approximate surface area is 122 Å². The molecule has 0 saturated heterocycles. The summed E-state index contributed by atoms with van der Waals surface area (Å²) in [5.74, 6) is 0. The largest absolute Gasteiger partial charge is 0.303 e. The Bertz CT molecular complexity index is 736. The van der Waals surface area contributed by atoms with Gasteiger partial charge in [-0.15, -0.1) is 5.10 Å². The SMILES string of the molecule is c1ccc([C@H]2Cn3nnc(-c4cccnc4)c3CN2)cc1. The van der Waals surface area contributed by atoms with Crippen molar-refractivity contribution in [2.75, 3.05) is 0 Å². The van der Waals surface area contributed by atoms with Crippen molar-refractivity contribution in [3.63, 3.8) is 0 Å². The van der Waals surface area contributed by atoms with E-state index in [9.17, 15) is 0 Å².